The van der Waals surface area contributed by atoms with Gasteiger partial charge in [-0.25, -0.2) is 9.37 Å². The molecule has 2 amide bonds. The number of anilines is 1. The first-order valence-electron chi connectivity index (χ1n) is 9.78. The molecule has 0 bridgehead atoms. The molecule has 1 N–H and O–H groups in total. The van der Waals surface area contributed by atoms with Gasteiger partial charge < -0.3 is 5.32 Å². The van der Waals surface area contributed by atoms with Crippen LogP contribution in [0.1, 0.15) is 22.4 Å². The van der Waals surface area contributed by atoms with E-state index in [-0.39, 0.29) is 24.8 Å². The van der Waals surface area contributed by atoms with Gasteiger partial charge in [0.15, 0.2) is 5.13 Å². The molecule has 0 aliphatic carbocycles. The summed E-state index contributed by atoms with van der Waals surface area (Å²) in [4.78, 5) is 32.0. The van der Waals surface area contributed by atoms with E-state index in [0.29, 0.717) is 19.9 Å². The lowest BCUT2D eigenvalue weighted by atomic mass is 10.1. The molecule has 1 aromatic heterocycles. The van der Waals surface area contributed by atoms with E-state index >= 15 is 0 Å². The predicted molar refractivity (Wildman–Crippen MR) is 131 cm³/mol. The van der Waals surface area contributed by atoms with Crippen LogP contribution in [0.15, 0.2) is 65.7 Å². The van der Waals surface area contributed by atoms with E-state index in [1.54, 1.807) is 24.4 Å². The van der Waals surface area contributed by atoms with Crippen LogP contribution in [0.2, 0.25) is 0 Å². The molecule has 3 aromatic rings. The Labute approximate surface area is 198 Å². The van der Waals surface area contributed by atoms with Gasteiger partial charge in [-0.1, -0.05) is 72.5 Å². The summed E-state index contributed by atoms with van der Waals surface area (Å²) in [5, 5.41) is 3.30. The van der Waals surface area contributed by atoms with Crippen LogP contribution in [0.5, 0.6) is 0 Å². The molecule has 0 spiro atoms. The van der Waals surface area contributed by atoms with E-state index in [1.807, 2.05) is 30.3 Å². The van der Waals surface area contributed by atoms with Crippen molar-refractivity contribution in [3.63, 3.8) is 0 Å². The molecule has 32 heavy (non-hydrogen) atoms. The molecular formula is C23H18FN3O2S3. The average molecular weight is 484 g/mol. The number of hydrogen-bond acceptors (Lipinski definition) is 6. The third-order valence-corrected chi connectivity index (χ3v) is 6.94. The zero-order valence-electron chi connectivity index (χ0n) is 16.8. The number of thioether (sulfide) groups is 1. The summed E-state index contributed by atoms with van der Waals surface area (Å²) in [6.07, 6.45) is 4.06. The highest BCUT2D eigenvalue weighted by molar-refractivity contribution is 8.26. The zero-order chi connectivity index (χ0) is 22.5. The van der Waals surface area contributed by atoms with E-state index in [1.165, 1.54) is 33.9 Å². The number of nitrogens with one attached hydrogen (secondary N) is 1. The molecule has 0 radical (unpaired) electrons. The van der Waals surface area contributed by atoms with Crippen LogP contribution in [-0.4, -0.2) is 32.6 Å². The summed E-state index contributed by atoms with van der Waals surface area (Å²) in [6, 6.07) is 16.2. The number of carbonyl (C=O) groups is 2. The summed E-state index contributed by atoms with van der Waals surface area (Å²) in [7, 11) is 0. The van der Waals surface area contributed by atoms with Crippen LogP contribution in [-0.2, 0) is 16.0 Å². The van der Waals surface area contributed by atoms with Crippen molar-refractivity contribution in [2.45, 2.75) is 12.8 Å². The Morgan fingerprint density at radius 3 is 2.69 bits per heavy atom. The maximum absolute atomic E-state index is 13.9. The fourth-order valence-corrected chi connectivity index (χ4v) is 5.23. The van der Waals surface area contributed by atoms with Crippen molar-refractivity contribution in [3.8, 4) is 0 Å². The highest BCUT2D eigenvalue weighted by Gasteiger charge is 2.32. The molecule has 0 saturated carbocycles. The highest BCUT2D eigenvalue weighted by Crippen LogP contribution is 2.33. The molecule has 1 saturated heterocycles. The van der Waals surface area contributed by atoms with E-state index in [0.717, 1.165) is 23.1 Å². The Bertz CT molecular complexity index is 1190. The minimum atomic E-state index is -0.410. The van der Waals surface area contributed by atoms with Crippen molar-refractivity contribution in [2.75, 3.05) is 11.9 Å². The quantitative estimate of drug-likeness (QED) is 0.374. The topological polar surface area (TPSA) is 62.3 Å². The molecule has 1 aliphatic heterocycles. The van der Waals surface area contributed by atoms with E-state index < -0.39 is 5.82 Å². The van der Waals surface area contributed by atoms with Gasteiger partial charge in [0.05, 0.1) is 4.91 Å². The second kappa shape index (κ2) is 10.2. The highest BCUT2D eigenvalue weighted by atomic mass is 32.2. The van der Waals surface area contributed by atoms with Crippen LogP contribution in [0.3, 0.4) is 0 Å². The number of rotatable bonds is 7. The van der Waals surface area contributed by atoms with Gasteiger partial charge in [-0.3, -0.25) is 14.5 Å². The third kappa shape index (κ3) is 5.48. The lowest BCUT2D eigenvalue weighted by molar-refractivity contribution is -0.122. The van der Waals surface area contributed by atoms with Gasteiger partial charge in [0, 0.05) is 36.0 Å². The zero-order valence-corrected chi connectivity index (χ0v) is 19.2. The summed E-state index contributed by atoms with van der Waals surface area (Å²) in [6.45, 7) is 0.146. The number of carbonyl (C=O) groups excluding carboxylic acids is 2. The fourth-order valence-electron chi connectivity index (χ4n) is 3.07. The summed E-state index contributed by atoms with van der Waals surface area (Å²) < 4.78 is 14.2. The molecule has 0 atom stereocenters. The van der Waals surface area contributed by atoms with E-state index in [9.17, 15) is 14.0 Å². The number of thiocarbonyl (C=S) groups is 1. The van der Waals surface area contributed by atoms with Gasteiger partial charge in [0.2, 0.25) is 5.91 Å². The Hall–Kier alpha value is -2.88. The van der Waals surface area contributed by atoms with E-state index in [2.05, 4.69) is 10.3 Å². The number of hydrogen-bond donors (Lipinski definition) is 1. The van der Waals surface area contributed by atoms with Gasteiger partial charge in [0.1, 0.15) is 10.1 Å². The number of nitrogens with zero attached hydrogens (tertiary/aromatic N) is 2. The number of amides is 2. The normalized spacial score (nSPS) is 14.9. The Kier molecular flexibility index (Phi) is 7.09. The Morgan fingerprint density at radius 1 is 1.16 bits per heavy atom. The average Bonchev–Trinajstić information content (AvgIpc) is 3.32. The maximum atomic E-state index is 13.9. The number of benzene rings is 2. The van der Waals surface area contributed by atoms with Crippen molar-refractivity contribution in [2.24, 2.45) is 0 Å². The molecular weight excluding hydrogens is 465 g/mol. The maximum Gasteiger partial charge on any atom is 0.266 e. The lowest BCUT2D eigenvalue weighted by Gasteiger charge is -2.13. The minimum absolute atomic E-state index is 0.0764. The van der Waals surface area contributed by atoms with Crippen LogP contribution in [0.25, 0.3) is 6.08 Å². The summed E-state index contributed by atoms with van der Waals surface area (Å²) in [5.41, 5.74) is 1.49. The van der Waals surface area contributed by atoms with Crippen molar-refractivity contribution in [3.05, 3.63) is 87.5 Å². The van der Waals surface area contributed by atoms with Crippen molar-refractivity contribution >= 4 is 62.7 Å². The molecule has 1 aliphatic rings. The van der Waals surface area contributed by atoms with Gasteiger partial charge in [-0.05, 0) is 17.7 Å². The molecule has 5 nitrogen and oxygen atoms in total. The predicted octanol–water partition coefficient (Wildman–Crippen LogP) is 5.10. The lowest BCUT2D eigenvalue weighted by Crippen LogP contribution is -2.31. The second-order valence-corrected chi connectivity index (χ2v) is 9.74. The Balaban J connectivity index is 1.32. The first kappa shape index (κ1) is 22.3. The number of halogens is 1. The standard InChI is InChI=1S/C23H18FN3O2S3/c24-18-9-5-4-8-16(18)13-19-21(29)27(23(30)32-19)11-10-20(28)26-22-25-14-17(31-22)12-15-6-2-1-3-7-15/h1-9,13-14H,10-12H2,(H,25,26,28)/b19-13+. The van der Waals surface area contributed by atoms with E-state index in [4.69, 9.17) is 12.2 Å². The second-order valence-electron chi connectivity index (χ2n) is 6.95. The summed E-state index contributed by atoms with van der Waals surface area (Å²) >= 11 is 7.81. The minimum Gasteiger partial charge on any atom is -0.302 e. The molecule has 0 unspecified atom stereocenters. The fraction of sp³-hybridized carbons (Fsp3) is 0.130. The van der Waals surface area contributed by atoms with Gasteiger partial charge in [-0.15, -0.1) is 11.3 Å². The number of thiazole rings is 1. The van der Waals surface area contributed by atoms with Crippen LogP contribution in [0, 0.1) is 5.82 Å². The first-order chi connectivity index (χ1) is 15.5. The molecule has 2 heterocycles. The monoisotopic (exact) mass is 483 g/mol. The summed E-state index contributed by atoms with van der Waals surface area (Å²) in [5.74, 6) is -0.986. The van der Waals surface area contributed by atoms with Gasteiger partial charge in [-0.2, -0.15) is 0 Å². The first-order valence-corrected chi connectivity index (χ1v) is 11.8. The van der Waals surface area contributed by atoms with Crippen LogP contribution >= 0.6 is 35.3 Å². The van der Waals surface area contributed by atoms with Crippen molar-refractivity contribution in [1.82, 2.24) is 9.88 Å². The van der Waals surface area contributed by atoms with Crippen molar-refractivity contribution < 1.29 is 14.0 Å². The van der Waals surface area contributed by atoms with Crippen LogP contribution < -0.4 is 5.32 Å². The van der Waals surface area contributed by atoms with Gasteiger partial charge in [0.25, 0.3) is 5.91 Å². The SMILES string of the molecule is O=C(CCN1C(=O)/C(=C\c2ccccc2F)SC1=S)Nc1ncc(Cc2ccccc2)s1. The largest absolute Gasteiger partial charge is 0.302 e. The molecule has 162 valence electrons. The molecule has 9 heteroatoms. The number of aromatic nitrogens is 1. The molecule has 2 aromatic carbocycles. The smallest absolute Gasteiger partial charge is 0.266 e. The third-order valence-electron chi connectivity index (χ3n) is 4.65. The van der Waals surface area contributed by atoms with Crippen molar-refractivity contribution in [1.29, 1.82) is 0 Å². The van der Waals surface area contributed by atoms with Crippen LogP contribution in [0.4, 0.5) is 9.52 Å². The molecule has 4 rings (SSSR count). The Morgan fingerprint density at radius 2 is 1.91 bits per heavy atom. The van der Waals surface area contributed by atoms with Gasteiger partial charge >= 0.3 is 0 Å². The molecule has 1 fully saturated rings.